The molecule has 1 atom stereocenters. The van der Waals surface area contributed by atoms with Crippen LogP contribution in [0.15, 0.2) is 34.2 Å². The first kappa shape index (κ1) is 17.5. The van der Waals surface area contributed by atoms with Gasteiger partial charge in [0, 0.05) is 13.1 Å². The standard InChI is InChI=1S/C18H18BrN3O3S/c19-17-20-14-10-22(16(23)15(14)26-17)13-7-4-8-21(9-13)18(24)25-11-12-5-2-1-3-6-12/h1-3,5-6,13H,4,7-11H2/t13-/m0/s1. The average Bonchev–Trinajstić information content (AvgIpc) is 3.18. The van der Waals surface area contributed by atoms with Crippen LogP contribution in [0.3, 0.4) is 0 Å². The van der Waals surface area contributed by atoms with E-state index in [1.54, 1.807) is 4.90 Å². The summed E-state index contributed by atoms with van der Waals surface area (Å²) in [5.41, 5.74) is 1.79. The second-order valence-electron chi connectivity index (χ2n) is 6.46. The summed E-state index contributed by atoms with van der Waals surface area (Å²) in [6.07, 6.45) is 1.44. The molecule has 0 bridgehead atoms. The number of carbonyl (C=O) groups is 2. The fraction of sp³-hybridized carbons (Fsp3) is 0.389. The van der Waals surface area contributed by atoms with E-state index in [1.807, 2.05) is 35.2 Å². The molecule has 0 N–H and O–H groups in total. The number of rotatable bonds is 3. The third-order valence-electron chi connectivity index (χ3n) is 4.75. The highest BCUT2D eigenvalue weighted by Crippen LogP contribution is 2.33. The zero-order valence-electron chi connectivity index (χ0n) is 14.1. The Hall–Kier alpha value is -1.93. The lowest BCUT2D eigenvalue weighted by Gasteiger charge is -2.36. The van der Waals surface area contributed by atoms with Gasteiger partial charge < -0.3 is 14.5 Å². The van der Waals surface area contributed by atoms with E-state index in [2.05, 4.69) is 20.9 Å². The van der Waals surface area contributed by atoms with Gasteiger partial charge in [0.25, 0.3) is 5.91 Å². The minimum absolute atomic E-state index is 0.0145. The first-order chi connectivity index (χ1) is 12.6. The monoisotopic (exact) mass is 435 g/mol. The van der Waals surface area contributed by atoms with E-state index in [-0.39, 0.29) is 24.6 Å². The number of fused-ring (bicyclic) bond motifs is 1. The summed E-state index contributed by atoms with van der Waals surface area (Å²) >= 11 is 4.71. The molecule has 1 aromatic heterocycles. The minimum atomic E-state index is -0.319. The number of amides is 2. The molecule has 1 fully saturated rings. The van der Waals surface area contributed by atoms with Crippen LogP contribution < -0.4 is 0 Å². The lowest BCUT2D eigenvalue weighted by molar-refractivity contribution is 0.0480. The van der Waals surface area contributed by atoms with Gasteiger partial charge in [-0.2, -0.15) is 0 Å². The molecule has 4 rings (SSSR count). The zero-order valence-corrected chi connectivity index (χ0v) is 16.5. The zero-order chi connectivity index (χ0) is 18.1. The van der Waals surface area contributed by atoms with Crippen molar-refractivity contribution in [1.82, 2.24) is 14.8 Å². The van der Waals surface area contributed by atoms with Crippen LogP contribution in [0.5, 0.6) is 0 Å². The molecular weight excluding hydrogens is 418 g/mol. The molecule has 2 aliphatic rings. The summed E-state index contributed by atoms with van der Waals surface area (Å²) in [4.78, 5) is 33.7. The van der Waals surface area contributed by atoms with Gasteiger partial charge in [-0.05, 0) is 34.3 Å². The number of carbonyl (C=O) groups excluding carboxylic acids is 2. The maximum absolute atomic E-state index is 12.6. The molecule has 0 aliphatic carbocycles. The quantitative estimate of drug-likeness (QED) is 0.737. The molecule has 0 spiro atoms. The van der Waals surface area contributed by atoms with E-state index in [0.29, 0.717) is 24.5 Å². The number of ether oxygens (including phenoxy) is 1. The molecule has 0 saturated carbocycles. The largest absolute Gasteiger partial charge is 0.445 e. The molecule has 3 heterocycles. The van der Waals surface area contributed by atoms with E-state index in [1.165, 1.54) is 11.3 Å². The van der Waals surface area contributed by atoms with Crippen LogP contribution in [0, 0.1) is 0 Å². The lowest BCUT2D eigenvalue weighted by atomic mass is 10.0. The second-order valence-corrected chi connectivity index (χ2v) is 8.73. The van der Waals surface area contributed by atoms with Gasteiger partial charge in [-0.15, -0.1) is 11.3 Å². The first-order valence-electron chi connectivity index (χ1n) is 8.53. The summed E-state index contributed by atoms with van der Waals surface area (Å²) in [7, 11) is 0. The van der Waals surface area contributed by atoms with Gasteiger partial charge in [-0.3, -0.25) is 4.79 Å². The van der Waals surface area contributed by atoms with Crippen molar-refractivity contribution in [2.45, 2.75) is 32.0 Å². The molecule has 2 aromatic rings. The van der Waals surface area contributed by atoms with Crippen molar-refractivity contribution in [3.8, 4) is 0 Å². The van der Waals surface area contributed by atoms with Gasteiger partial charge in [0.2, 0.25) is 0 Å². The number of halogens is 1. The number of piperidine rings is 1. The van der Waals surface area contributed by atoms with E-state index in [9.17, 15) is 9.59 Å². The van der Waals surface area contributed by atoms with Crippen LogP contribution >= 0.6 is 27.3 Å². The smallest absolute Gasteiger partial charge is 0.410 e. The van der Waals surface area contributed by atoms with Crippen LogP contribution in [0.1, 0.15) is 33.8 Å². The Bertz CT molecular complexity index is 826. The predicted octanol–water partition coefficient (Wildman–Crippen LogP) is 3.66. The Morgan fingerprint density at radius 1 is 1.35 bits per heavy atom. The summed E-state index contributed by atoms with van der Waals surface area (Å²) in [6, 6.07) is 9.65. The van der Waals surface area contributed by atoms with Crippen LogP contribution in [0.4, 0.5) is 4.79 Å². The Labute approximate surface area is 163 Å². The number of aromatic nitrogens is 1. The van der Waals surface area contributed by atoms with Gasteiger partial charge in [-0.25, -0.2) is 9.78 Å². The highest BCUT2D eigenvalue weighted by Gasteiger charge is 2.38. The van der Waals surface area contributed by atoms with Crippen LogP contribution in [0.2, 0.25) is 0 Å². The molecule has 1 aromatic carbocycles. The third kappa shape index (κ3) is 3.48. The summed E-state index contributed by atoms with van der Waals surface area (Å²) in [6.45, 7) is 1.96. The van der Waals surface area contributed by atoms with Crippen molar-refractivity contribution in [1.29, 1.82) is 0 Å². The molecule has 8 heteroatoms. The van der Waals surface area contributed by atoms with E-state index in [4.69, 9.17) is 4.74 Å². The maximum Gasteiger partial charge on any atom is 0.410 e. The number of likely N-dealkylation sites (tertiary alicyclic amines) is 1. The van der Waals surface area contributed by atoms with E-state index >= 15 is 0 Å². The number of hydrogen-bond acceptors (Lipinski definition) is 5. The SMILES string of the molecule is O=C(OCc1ccccc1)N1CCC[C@H](N2Cc3nc(Br)sc3C2=O)C1. The molecule has 0 unspecified atom stereocenters. The van der Waals surface area contributed by atoms with Gasteiger partial charge in [0.1, 0.15) is 11.5 Å². The topological polar surface area (TPSA) is 62.7 Å². The van der Waals surface area contributed by atoms with Crippen molar-refractivity contribution in [2.75, 3.05) is 13.1 Å². The van der Waals surface area contributed by atoms with Crippen molar-refractivity contribution in [3.63, 3.8) is 0 Å². The Balaban J connectivity index is 1.36. The Kier molecular flexibility index (Phi) is 4.95. The van der Waals surface area contributed by atoms with E-state index in [0.717, 1.165) is 28.0 Å². The number of thiazole rings is 1. The Morgan fingerprint density at radius 2 is 2.15 bits per heavy atom. The molecule has 2 aliphatic heterocycles. The molecule has 0 radical (unpaired) electrons. The molecule has 26 heavy (non-hydrogen) atoms. The van der Waals surface area contributed by atoms with Gasteiger partial charge in [0.15, 0.2) is 3.92 Å². The maximum atomic E-state index is 12.6. The van der Waals surface area contributed by atoms with Crippen LogP contribution in [-0.2, 0) is 17.9 Å². The minimum Gasteiger partial charge on any atom is -0.445 e. The van der Waals surface area contributed by atoms with Crippen molar-refractivity contribution < 1.29 is 14.3 Å². The summed E-state index contributed by atoms with van der Waals surface area (Å²) < 4.78 is 6.18. The van der Waals surface area contributed by atoms with Gasteiger partial charge >= 0.3 is 6.09 Å². The van der Waals surface area contributed by atoms with Gasteiger partial charge in [0.05, 0.1) is 18.3 Å². The fourth-order valence-corrected chi connectivity index (χ4v) is 4.90. The molecular formula is C18H18BrN3O3S. The highest BCUT2D eigenvalue weighted by molar-refractivity contribution is 9.11. The number of benzene rings is 1. The van der Waals surface area contributed by atoms with Gasteiger partial charge in [-0.1, -0.05) is 30.3 Å². The number of hydrogen-bond donors (Lipinski definition) is 0. The molecule has 1 saturated heterocycles. The average molecular weight is 436 g/mol. The summed E-state index contributed by atoms with van der Waals surface area (Å²) in [5.74, 6) is 0.0210. The molecule has 6 nitrogen and oxygen atoms in total. The van der Waals surface area contributed by atoms with Crippen LogP contribution in [0.25, 0.3) is 0 Å². The third-order valence-corrected chi connectivity index (χ3v) is 6.28. The lowest BCUT2D eigenvalue weighted by Crippen LogP contribution is -2.50. The van der Waals surface area contributed by atoms with Crippen molar-refractivity contribution in [3.05, 3.63) is 50.4 Å². The van der Waals surface area contributed by atoms with Crippen molar-refractivity contribution >= 4 is 39.3 Å². The fourth-order valence-electron chi connectivity index (χ4n) is 3.44. The van der Waals surface area contributed by atoms with Crippen molar-refractivity contribution in [2.24, 2.45) is 0 Å². The number of nitrogens with zero attached hydrogens (tertiary/aromatic N) is 3. The first-order valence-corrected chi connectivity index (χ1v) is 10.1. The second kappa shape index (κ2) is 7.36. The molecule has 136 valence electrons. The highest BCUT2D eigenvalue weighted by atomic mass is 79.9. The Morgan fingerprint density at radius 3 is 2.92 bits per heavy atom. The summed E-state index contributed by atoms with van der Waals surface area (Å²) in [5, 5.41) is 0. The predicted molar refractivity (Wildman–Crippen MR) is 101 cm³/mol. The van der Waals surface area contributed by atoms with E-state index < -0.39 is 0 Å². The van der Waals surface area contributed by atoms with Crippen LogP contribution in [-0.4, -0.2) is 45.9 Å². The molecule has 2 amide bonds. The normalized spacial score (nSPS) is 19.6.